The molecule has 2 rings (SSSR count). The van der Waals surface area contributed by atoms with E-state index in [0.29, 0.717) is 17.1 Å². The Kier molecular flexibility index (Phi) is 5.24. The quantitative estimate of drug-likeness (QED) is 0.746. The van der Waals surface area contributed by atoms with Gasteiger partial charge in [-0.3, -0.25) is 4.79 Å². The van der Waals surface area contributed by atoms with Crippen molar-refractivity contribution in [2.24, 2.45) is 0 Å². The summed E-state index contributed by atoms with van der Waals surface area (Å²) in [5.74, 6) is -0.0849. The summed E-state index contributed by atoms with van der Waals surface area (Å²) < 4.78 is 0.903. The molecular formula is C14H13ClINOS. The fourth-order valence-electron chi connectivity index (χ4n) is 1.64. The Morgan fingerprint density at radius 3 is 2.74 bits per heavy atom. The molecule has 1 aromatic carbocycles. The average molecular weight is 406 g/mol. The van der Waals surface area contributed by atoms with Gasteiger partial charge in [-0.1, -0.05) is 18.5 Å². The molecule has 5 heteroatoms. The second kappa shape index (κ2) is 6.72. The number of hydrogen-bond acceptors (Lipinski definition) is 2. The highest BCUT2D eigenvalue weighted by molar-refractivity contribution is 14.1. The number of amides is 1. The number of carbonyl (C=O) groups excluding carboxylic acids is 1. The van der Waals surface area contributed by atoms with Gasteiger partial charge in [-0.05, 0) is 59.3 Å². The molecule has 1 N–H and O–H groups in total. The molecular weight excluding hydrogens is 393 g/mol. The monoisotopic (exact) mass is 405 g/mol. The highest BCUT2D eigenvalue weighted by Crippen LogP contribution is 2.19. The summed E-state index contributed by atoms with van der Waals surface area (Å²) in [6.45, 7) is 2.69. The number of hydrogen-bond donors (Lipinski definition) is 1. The highest BCUT2D eigenvalue weighted by atomic mass is 127. The minimum Gasteiger partial charge on any atom is -0.347 e. The third kappa shape index (κ3) is 3.94. The van der Waals surface area contributed by atoms with Gasteiger partial charge >= 0.3 is 0 Å². The number of aryl methyl sites for hydroxylation is 1. The lowest BCUT2D eigenvalue weighted by Gasteiger charge is -2.06. The minimum absolute atomic E-state index is 0.0849. The first kappa shape index (κ1) is 14.8. The summed E-state index contributed by atoms with van der Waals surface area (Å²) in [6, 6.07) is 9.50. The van der Waals surface area contributed by atoms with E-state index in [-0.39, 0.29) is 5.91 Å². The van der Waals surface area contributed by atoms with Crippen molar-refractivity contribution >= 4 is 51.4 Å². The lowest BCUT2D eigenvalue weighted by Crippen LogP contribution is -2.23. The van der Waals surface area contributed by atoms with Crippen LogP contribution in [0.15, 0.2) is 30.3 Å². The van der Waals surface area contributed by atoms with Crippen LogP contribution in [0.1, 0.15) is 27.0 Å². The maximum absolute atomic E-state index is 12.1. The molecule has 1 heterocycles. The van der Waals surface area contributed by atoms with Crippen molar-refractivity contribution in [2.45, 2.75) is 19.9 Å². The van der Waals surface area contributed by atoms with Crippen LogP contribution in [-0.2, 0) is 13.0 Å². The third-order valence-corrected chi connectivity index (χ3v) is 5.07. The Hall–Kier alpha value is -0.590. The summed E-state index contributed by atoms with van der Waals surface area (Å²) in [5, 5.41) is 3.51. The Bertz CT molecular complexity index is 597. The van der Waals surface area contributed by atoms with E-state index in [4.69, 9.17) is 11.6 Å². The minimum atomic E-state index is -0.0849. The zero-order valence-corrected chi connectivity index (χ0v) is 14.1. The van der Waals surface area contributed by atoms with Crippen molar-refractivity contribution in [3.05, 3.63) is 54.2 Å². The van der Waals surface area contributed by atoms with E-state index in [1.807, 2.05) is 6.07 Å². The van der Waals surface area contributed by atoms with Crippen molar-refractivity contribution in [1.29, 1.82) is 0 Å². The third-order valence-electron chi connectivity index (χ3n) is 2.66. The molecule has 19 heavy (non-hydrogen) atoms. The summed E-state index contributed by atoms with van der Waals surface area (Å²) in [5.41, 5.74) is 0.625. The molecule has 0 fully saturated rings. The number of thiophene rings is 1. The van der Waals surface area contributed by atoms with Crippen molar-refractivity contribution in [3.8, 4) is 0 Å². The zero-order chi connectivity index (χ0) is 13.8. The van der Waals surface area contributed by atoms with Gasteiger partial charge in [0.2, 0.25) is 0 Å². The number of carbonyl (C=O) groups is 1. The lowest BCUT2D eigenvalue weighted by molar-refractivity contribution is 0.0950. The van der Waals surface area contributed by atoms with E-state index in [1.54, 1.807) is 23.5 Å². The summed E-state index contributed by atoms with van der Waals surface area (Å²) in [7, 11) is 0. The van der Waals surface area contributed by atoms with Gasteiger partial charge in [0.05, 0.1) is 12.1 Å². The van der Waals surface area contributed by atoms with Gasteiger partial charge in [0.25, 0.3) is 5.91 Å². The normalized spacial score (nSPS) is 10.5. The Labute approximate surface area is 135 Å². The average Bonchev–Trinajstić information content (AvgIpc) is 2.87. The van der Waals surface area contributed by atoms with E-state index >= 15 is 0 Å². The molecule has 100 valence electrons. The van der Waals surface area contributed by atoms with Crippen LogP contribution in [0.5, 0.6) is 0 Å². The zero-order valence-electron chi connectivity index (χ0n) is 10.4. The van der Waals surface area contributed by atoms with Crippen LogP contribution in [0, 0.1) is 3.57 Å². The Balaban J connectivity index is 2.03. The summed E-state index contributed by atoms with van der Waals surface area (Å²) >= 11 is 9.79. The van der Waals surface area contributed by atoms with E-state index < -0.39 is 0 Å². The van der Waals surface area contributed by atoms with Crippen molar-refractivity contribution in [1.82, 2.24) is 5.32 Å². The highest BCUT2D eigenvalue weighted by Gasteiger charge is 2.10. The second-order valence-electron chi connectivity index (χ2n) is 4.03. The molecule has 0 aliphatic rings. The number of rotatable bonds is 4. The predicted octanol–water partition coefficient (Wildman–Crippen LogP) is 4.50. The second-order valence-corrected chi connectivity index (χ2v) is 6.88. The van der Waals surface area contributed by atoms with Gasteiger partial charge in [0.1, 0.15) is 0 Å². The number of nitrogens with one attached hydrogen (secondary N) is 1. The Morgan fingerprint density at radius 2 is 2.05 bits per heavy atom. The first-order valence-corrected chi connectivity index (χ1v) is 8.18. The molecule has 1 aromatic heterocycles. The van der Waals surface area contributed by atoms with Gasteiger partial charge in [-0.2, -0.15) is 0 Å². The maximum atomic E-state index is 12.1. The van der Waals surface area contributed by atoms with E-state index in [2.05, 4.69) is 47.0 Å². The molecule has 0 spiro atoms. The molecule has 0 bridgehead atoms. The fourth-order valence-corrected chi connectivity index (χ4v) is 3.29. The molecule has 0 radical (unpaired) electrons. The van der Waals surface area contributed by atoms with Crippen LogP contribution < -0.4 is 5.32 Å². The van der Waals surface area contributed by atoms with Crippen molar-refractivity contribution in [3.63, 3.8) is 0 Å². The topological polar surface area (TPSA) is 29.1 Å². The molecule has 0 unspecified atom stereocenters. The molecule has 2 aromatic rings. The van der Waals surface area contributed by atoms with Crippen LogP contribution in [0.2, 0.25) is 5.02 Å². The molecule has 0 atom stereocenters. The Morgan fingerprint density at radius 1 is 1.32 bits per heavy atom. The van der Waals surface area contributed by atoms with E-state index in [0.717, 1.165) is 9.99 Å². The predicted molar refractivity (Wildman–Crippen MR) is 89.0 cm³/mol. The van der Waals surface area contributed by atoms with Crippen LogP contribution in [0.4, 0.5) is 0 Å². The van der Waals surface area contributed by atoms with Gasteiger partial charge in [-0.15, -0.1) is 11.3 Å². The van der Waals surface area contributed by atoms with Gasteiger partial charge in [0.15, 0.2) is 0 Å². The SMILES string of the molecule is CCc1ccc(CNC(=O)c2cc(Cl)ccc2I)s1. The van der Waals surface area contributed by atoms with Crippen LogP contribution >= 0.6 is 45.5 Å². The number of benzene rings is 1. The molecule has 1 amide bonds. The maximum Gasteiger partial charge on any atom is 0.252 e. The van der Waals surface area contributed by atoms with Gasteiger partial charge in [-0.25, -0.2) is 0 Å². The molecule has 0 saturated carbocycles. The van der Waals surface area contributed by atoms with E-state index in [9.17, 15) is 4.79 Å². The molecule has 0 saturated heterocycles. The van der Waals surface area contributed by atoms with Gasteiger partial charge < -0.3 is 5.32 Å². The first-order valence-electron chi connectivity index (χ1n) is 5.91. The first-order chi connectivity index (χ1) is 9.10. The van der Waals surface area contributed by atoms with Gasteiger partial charge in [0, 0.05) is 18.3 Å². The largest absolute Gasteiger partial charge is 0.347 e. The van der Waals surface area contributed by atoms with E-state index in [1.165, 1.54) is 9.75 Å². The van der Waals surface area contributed by atoms with Crippen molar-refractivity contribution in [2.75, 3.05) is 0 Å². The van der Waals surface area contributed by atoms with Crippen LogP contribution in [0.3, 0.4) is 0 Å². The summed E-state index contributed by atoms with van der Waals surface area (Å²) in [6.07, 6.45) is 1.03. The molecule has 2 nitrogen and oxygen atoms in total. The number of halogens is 2. The molecule has 0 aliphatic carbocycles. The van der Waals surface area contributed by atoms with Crippen LogP contribution in [0.25, 0.3) is 0 Å². The van der Waals surface area contributed by atoms with Crippen molar-refractivity contribution < 1.29 is 4.79 Å². The van der Waals surface area contributed by atoms with Crippen LogP contribution in [-0.4, -0.2) is 5.91 Å². The smallest absolute Gasteiger partial charge is 0.252 e. The standard InChI is InChI=1S/C14H13ClINOS/c1-2-10-4-5-11(19-10)8-17-14(18)12-7-9(15)3-6-13(12)16/h3-7H,2,8H2,1H3,(H,17,18). The molecule has 0 aliphatic heterocycles. The fraction of sp³-hybridized carbons (Fsp3) is 0.214. The summed E-state index contributed by atoms with van der Waals surface area (Å²) in [4.78, 5) is 14.6. The lowest BCUT2D eigenvalue weighted by atomic mass is 10.2.